The van der Waals surface area contributed by atoms with E-state index in [0.717, 1.165) is 47.9 Å². The molecule has 2 aromatic rings. The summed E-state index contributed by atoms with van der Waals surface area (Å²) >= 11 is 3.53. The minimum absolute atomic E-state index is 0.401. The van der Waals surface area contributed by atoms with Gasteiger partial charge in [-0.05, 0) is 35.7 Å². The second-order valence-corrected chi connectivity index (χ2v) is 6.18. The Kier molecular flexibility index (Phi) is 3.79. The Hall–Kier alpha value is -1.70. The molecule has 21 heavy (non-hydrogen) atoms. The molecule has 0 unspecified atom stereocenters. The number of nitrogen functional groups attached to an aromatic ring is 1. The first-order valence-corrected chi connectivity index (χ1v) is 7.74. The van der Waals surface area contributed by atoms with Gasteiger partial charge in [-0.1, -0.05) is 0 Å². The Bertz CT molecular complexity index is 646. The zero-order valence-corrected chi connectivity index (χ0v) is 13.7. The number of nitrogens with two attached hydrogens (primary N) is 1. The Morgan fingerprint density at radius 1 is 1.29 bits per heavy atom. The summed E-state index contributed by atoms with van der Waals surface area (Å²) in [6.07, 6.45) is 3.84. The first kappa shape index (κ1) is 14.2. The van der Waals surface area contributed by atoms with Crippen molar-refractivity contribution >= 4 is 27.7 Å². The predicted molar refractivity (Wildman–Crippen MR) is 84.1 cm³/mol. The Balaban J connectivity index is 1.73. The summed E-state index contributed by atoms with van der Waals surface area (Å²) in [5.74, 6) is 3.61. The minimum atomic E-state index is 0.401. The molecule has 1 saturated heterocycles. The van der Waals surface area contributed by atoms with Crippen LogP contribution in [0.25, 0.3) is 0 Å². The fraction of sp³-hybridized carbons (Fsp3) is 0.538. The van der Waals surface area contributed by atoms with Gasteiger partial charge in [0.15, 0.2) is 0 Å². The number of aromatic nitrogens is 5. The SMILES string of the molecule is Cc1ncc(Br)c(N2CCC(c3nnc(N)n3C)CC2)n1. The third-order valence-corrected chi connectivity index (χ3v) is 4.51. The third kappa shape index (κ3) is 2.72. The normalized spacial score (nSPS) is 16.4. The predicted octanol–water partition coefficient (Wildman–Crippen LogP) is 1.64. The first-order valence-electron chi connectivity index (χ1n) is 6.95. The number of aryl methyl sites for hydroxylation is 1. The monoisotopic (exact) mass is 351 g/mol. The molecule has 112 valence electrons. The molecular formula is C13H18BrN7. The highest BCUT2D eigenvalue weighted by molar-refractivity contribution is 9.10. The summed E-state index contributed by atoms with van der Waals surface area (Å²) < 4.78 is 2.82. The fourth-order valence-electron chi connectivity index (χ4n) is 2.72. The number of hydrogen-bond acceptors (Lipinski definition) is 6. The molecule has 0 bridgehead atoms. The molecule has 0 saturated carbocycles. The second-order valence-electron chi connectivity index (χ2n) is 5.33. The molecule has 0 aromatic carbocycles. The van der Waals surface area contributed by atoms with Crippen molar-refractivity contribution < 1.29 is 0 Å². The zero-order valence-electron chi connectivity index (χ0n) is 12.1. The van der Waals surface area contributed by atoms with E-state index in [9.17, 15) is 0 Å². The van der Waals surface area contributed by atoms with Gasteiger partial charge in [0.1, 0.15) is 17.5 Å². The lowest BCUT2D eigenvalue weighted by Crippen LogP contribution is -2.34. The van der Waals surface area contributed by atoms with Crippen LogP contribution in [0, 0.1) is 6.92 Å². The fourth-order valence-corrected chi connectivity index (χ4v) is 3.17. The van der Waals surface area contributed by atoms with Gasteiger partial charge in [0.2, 0.25) is 5.95 Å². The number of hydrogen-bond donors (Lipinski definition) is 1. The van der Waals surface area contributed by atoms with Crippen molar-refractivity contribution in [3.8, 4) is 0 Å². The molecular weight excluding hydrogens is 334 g/mol. The van der Waals surface area contributed by atoms with E-state index in [4.69, 9.17) is 5.73 Å². The average Bonchev–Trinajstić information content (AvgIpc) is 2.82. The highest BCUT2D eigenvalue weighted by atomic mass is 79.9. The van der Waals surface area contributed by atoms with Crippen LogP contribution in [0.1, 0.15) is 30.4 Å². The van der Waals surface area contributed by atoms with Crippen LogP contribution in [0.5, 0.6) is 0 Å². The van der Waals surface area contributed by atoms with Crippen molar-refractivity contribution in [1.29, 1.82) is 0 Å². The topological polar surface area (TPSA) is 85.8 Å². The van der Waals surface area contributed by atoms with Gasteiger partial charge in [0.05, 0.1) is 4.47 Å². The van der Waals surface area contributed by atoms with Gasteiger partial charge >= 0.3 is 0 Å². The van der Waals surface area contributed by atoms with E-state index < -0.39 is 0 Å². The van der Waals surface area contributed by atoms with E-state index in [-0.39, 0.29) is 0 Å². The van der Waals surface area contributed by atoms with Gasteiger partial charge in [0.25, 0.3) is 0 Å². The van der Waals surface area contributed by atoms with Gasteiger partial charge in [0, 0.05) is 32.3 Å². The highest BCUT2D eigenvalue weighted by Crippen LogP contribution is 2.31. The van der Waals surface area contributed by atoms with E-state index in [1.807, 2.05) is 24.7 Å². The van der Waals surface area contributed by atoms with Crippen LogP contribution in [0.4, 0.5) is 11.8 Å². The van der Waals surface area contributed by atoms with Crippen LogP contribution >= 0.6 is 15.9 Å². The van der Waals surface area contributed by atoms with E-state index in [1.54, 1.807) is 0 Å². The largest absolute Gasteiger partial charge is 0.368 e. The summed E-state index contributed by atoms with van der Waals surface area (Å²) in [6, 6.07) is 0. The van der Waals surface area contributed by atoms with Crippen molar-refractivity contribution in [1.82, 2.24) is 24.7 Å². The molecule has 0 atom stereocenters. The summed E-state index contributed by atoms with van der Waals surface area (Å²) in [4.78, 5) is 11.0. The van der Waals surface area contributed by atoms with Gasteiger partial charge in [-0.25, -0.2) is 9.97 Å². The molecule has 2 aromatic heterocycles. The molecule has 0 radical (unpaired) electrons. The van der Waals surface area contributed by atoms with Gasteiger partial charge in [-0.15, -0.1) is 10.2 Å². The van der Waals surface area contributed by atoms with E-state index in [1.165, 1.54) is 0 Å². The van der Waals surface area contributed by atoms with E-state index in [0.29, 0.717) is 11.9 Å². The van der Waals surface area contributed by atoms with Crippen molar-refractivity contribution in [3.05, 3.63) is 22.3 Å². The molecule has 3 rings (SSSR count). The van der Waals surface area contributed by atoms with Crippen LogP contribution in [-0.2, 0) is 7.05 Å². The van der Waals surface area contributed by atoms with Crippen molar-refractivity contribution in [3.63, 3.8) is 0 Å². The zero-order chi connectivity index (χ0) is 15.0. The molecule has 2 N–H and O–H groups in total. The Morgan fingerprint density at radius 2 is 2.00 bits per heavy atom. The molecule has 8 heteroatoms. The third-order valence-electron chi connectivity index (χ3n) is 3.95. The molecule has 0 amide bonds. The van der Waals surface area contributed by atoms with Crippen LogP contribution in [0.3, 0.4) is 0 Å². The first-order chi connectivity index (χ1) is 10.1. The Morgan fingerprint density at radius 3 is 2.62 bits per heavy atom. The number of piperidine rings is 1. The maximum atomic E-state index is 5.76. The lowest BCUT2D eigenvalue weighted by atomic mass is 9.96. The molecule has 1 fully saturated rings. The molecule has 1 aliphatic rings. The number of anilines is 2. The van der Waals surface area contributed by atoms with E-state index >= 15 is 0 Å². The van der Waals surface area contributed by atoms with E-state index in [2.05, 4.69) is 41.0 Å². The minimum Gasteiger partial charge on any atom is -0.368 e. The highest BCUT2D eigenvalue weighted by Gasteiger charge is 2.26. The maximum Gasteiger partial charge on any atom is 0.221 e. The number of halogens is 1. The van der Waals surface area contributed by atoms with Crippen molar-refractivity contribution in [2.75, 3.05) is 23.7 Å². The van der Waals surface area contributed by atoms with Crippen molar-refractivity contribution in [2.24, 2.45) is 7.05 Å². The molecule has 7 nitrogen and oxygen atoms in total. The lowest BCUT2D eigenvalue weighted by Gasteiger charge is -2.32. The number of nitrogens with zero attached hydrogens (tertiary/aromatic N) is 6. The summed E-state index contributed by atoms with van der Waals surface area (Å²) in [5.41, 5.74) is 5.76. The molecule has 0 aliphatic carbocycles. The summed E-state index contributed by atoms with van der Waals surface area (Å²) in [6.45, 7) is 3.78. The van der Waals surface area contributed by atoms with Crippen LogP contribution < -0.4 is 10.6 Å². The average molecular weight is 352 g/mol. The lowest BCUT2D eigenvalue weighted by molar-refractivity contribution is 0.472. The Labute approximate surface area is 131 Å². The standard InChI is InChI=1S/C13H18BrN7/c1-8-16-7-10(14)12(17-8)21-5-3-9(4-6-21)11-18-19-13(15)20(11)2/h7,9H,3-6H2,1-2H3,(H2,15,19). The van der Waals surface area contributed by atoms with Crippen molar-refractivity contribution in [2.45, 2.75) is 25.7 Å². The van der Waals surface area contributed by atoms with Gasteiger partial charge < -0.3 is 15.2 Å². The maximum absolute atomic E-state index is 5.76. The summed E-state index contributed by atoms with van der Waals surface area (Å²) in [5, 5.41) is 8.15. The van der Waals surface area contributed by atoms with Crippen LogP contribution in [0.15, 0.2) is 10.7 Å². The van der Waals surface area contributed by atoms with Crippen LogP contribution in [0.2, 0.25) is 0 Å². The second kappa shape index (κ2) is 5.59. The smallest absolute Gasteiger partial charge is 0.221 e. The molecule has 1 aliphatic heterocycles. The van der Waals surface area contributed by atoms with Crippen LogP contribution in [-0.4, -0.2) is 37.8 Å². The quantitative estimate of drug-likeness (QED) is 0.884. The number of rotatable bonds is 2. The molecule has 0 spiro atoms. The van der Waals surface area contributed by atoms with Gasteiger partial charge in [-0.3, -0.25) is 0 Å². The van der Waals surface area contributed by atoms with Gasteiger partial charge in [-0.2, -0.15) is 0 Å². The molecule has 3 heterocycles. The summed E-state index contributed by atoms with van der Waals surface area (Å²) in [7, 11) is 1.92.